The van der Waals surface area contributed by atoms with Crippen LogP contribution < -0.4 is 0 Å². The lowest BCUT2D eigenvalue weighted by atomic mass is 10.1. The van der Waals surface area contributed by atoms with E-state index >= 15 is 0 Å². The third kappa shape index (κ3) is 2.98. The van der Waals surface area contributed by atoms with E-state index < -0.39 is 5.97 Å². The van der Waals surface area contributed by atoms with Gasteiger partial charge < -0.3 is 9.52 Å². The quantitative estimate of drug-likeness (QED) is 0.939. The molecule has 0 radical (unpaired) electrons. The Labute approximate surface area is 113 Å². The molecular formula is C13H12BrNO3. The maximum absolute atomic E-state index is 10.5. The zero-order chi connectivity index (χ0) is 13.1. The maximum Gasteiger partial charge on any atom is 0.303 e. The van der Waals surface area contributed by atoms with Gasteiger partial charge in [-0.1, -0.05) is 28.1 Å². The van der Waals surface area contributed by atoms with Gasteiger partial charge >= 0.3 is 5.97 Å². The number of oxazole rings is 1. The summed E-state index contributed by atoms with van der Waals surface area (Å²) < 4.78 is 6.57. The zero-order valence-corrected chi connectivity index (χ0v) is 11.4. The molecule has 5 heteroatoms. The van der Waals surface area contributed by atoms with Crippen molar-refractivity contribution in [3.8, 4) is 11.3 Å². The Morgan fingerprint density at radius 2 is 2.28 bits per heavy atom. The molecular weight excluding hydrogens is 298 g/mol. The number of aryl methyl sites for hydroxylation is 2. The van der Waals surface area contributed by atoms with Gasteiger partial charge in [-0.05, 0) is 19.1 Å². The molecule has 1 aromatic carbocycles. The number of nitrogens with zero attached hydrogens (tertiary/aromatic N) is 1. The van der Waals surface area contributed by atoms with Gasteiger partial charge in [0.25, 0.3) is 0 Å². The Balaban J connectivity index is 2.26. The highest BCUT2D eigenvalue weighted by atomic mass is 79.9. The van der Waals surface area contributed by atoms with Crippen LogP contribution in [-0.2, 0) is 11.2 Å². The van der Waals surface area contributed by atoms with E-state index in [1.807, 2.05) is 31.2 Å². The molecule has 4 nitrogen and oxygen atoms in total. The van der Waals surface area contributed by atoms with Crippen LogP contribution in [0.2, 0.25) is 0 Å². The molecule has 2 rings (SSSR count). The largest absolute Gasteiger partial charge is 0.481 e. The Morgan fingerprint density at radius 1 is 1.50 bits per heavy atom. The summed E-state index contributed by atoms with van der Waals surface area (Å²) in [7, 11) is 0. The van der Waals surface area contributed by atoms with Gasteiger partial charge in [0.1, 0.15) is 0 Å². The fraction of sp³-hybridized carbons (Fsp3) is 0.231. The van der Waals surface area contributed by atoms with E-state index in [-0.39, 0.29) is 6.42 Å². The minimum Gasteiger partial charge on any atom is -0.481 e. The maximum atomic E-state index is 10.5. The molecule has 18 heavy (non-hydrogen) atoms. The molecule has 0 spiro atoms. The molecule has 0 bridgehead atoms. The predicted molar refractivity (Wildman–Crippen MR) is 70.3 cm³/mol. The van der Waals surface area contributed by atoms with Crippen molar-refractivity contribution in [2.24, 2.45) is 0 Å². The van der Waals surface area contributed by atoms with E-state index in [4.69, 9.17) is 9.52 Å². The number of hydrogen-bond donors (Lipinski definition) is 1. The smallest absolute Gasteiger partial charge is 0.303 e. The molecule has 1 N–H and O–H groups in total. The van der Waals surface area contributed by atoms with Gasteiger partial charge in [0.15, 0.2) is 11.7 Å². The van der Waals surface area contributed by atoms with Crippen LogP contribution in [0.1, 0.15) is 18.0 Å². The monoisotopic (exact) mass is 309 g/mol. The lowest BCUT2D eigenvalue weighted by Gasteiger charge is -1.98. The van der Waals surface area contributed by atoms with E-state index in [9.17, 15) is 4.79 Å². The van der Waals surface area contributed by atoms with Gasteiger partial charge in [-0.15, -0.1) is 0 Å². The number of benzene rings is 1. The van der Waals surface area contributed by atoms with Gasteiger partial charge in [-0.25, -0.2) is 4.98 Å². The molecule has 94 valence electrons. The van der Waals surface area contributed by atoms with Gasteiger partial charge in [0, 0.05) is 16.5 Å². The molecule has 0 saturated heterocycles. The summed E-state index contributed by atoms with van der Waals surface area (Å²) >= 11 is 3.40. The van der Waals surface area contributed by atoms with Crippen LogP contribution >= 0.6 is 15.9 Å². The standard InChI is InChI=1S/C13H12BrNO3/c1-8-13(9-3-2-4-10(14)7-9)18-11(15-8)5-6-12(16)17/h2-4,7H,5-6H2,1H3,(H,16,17). The Kier molecular flexibility index (Phi) is 3.81. The van der Waals surface area contributed by atoms with Gasteiger partial charge in [-0.3, -0.25) is 4.79 Å². The second-order valence-electron chi connectivity index (χ2n) is 3.93. The van der Waals surface area contributed by atoms with Crippen molar-refractivity contribution in [1.82, 2.24) is 4.98 Å². The predicted octanol–water partition coefficient (Wildman–Crippen LogP) is 3.43. The lowest BCUT2D eigenvalue weighted by molar-refractivity contribution is -0.137. The molecule has 1 heterocycles. The van der Waals surface area contributed by atoms with Crippen molar-refractivity contribution >= 4 is 21.9 Å². The van der Waals surface area contributed by atoms with Gasteiger partial charge in [0.05, 0.1) is 12.1 Å². The third-order valence-electron chi connectivity index (χ3n) is 2.48. The average Bonchev–Trinajstić information content (AvgIpc) is 2.68. The first-order chi connectivity index (χ1) is 8.56. The molecule has 0 fully saturated rings. The number of hydrogen-bond acceptors (Lipinski definition) is 3. The summed E-state index contributed by atoms with van der Waals surface area (Å²) in [6.07, 6.45) is 0.335. The molecule has 2 aromatic rings. The van der Waals surface area contributed by atoms with Crippen molar-refractivity contribution in [3.63, 3.8) is 0 Å². The van der Waals surface area contributed by atoms with Crippen molar-refractivity contribution < 1.29 is 14.3 Å². The van der Waals surface area contributed by atoms with Crippen LogP contribution in [0.3, 0.4) is 0 Å². The van der Waals surface area contributed by atoms with Crippen LogP contribution in [0.5, 0.6) is 0 Å². The summed E-state index contributed by atoms with van der Waals surface area (Å²) in [5, 5.41) is 8.63. The fourth-order valence-corrected chi connectivity index (χ4v) is 2.07. The van der Waals surface area contributed by atoms with Crippen LogP contribution in [0.4, 0.5) is 0 Å². The van der Waals surface area contributed by atoms with Crippen molar-refractivity contribution in [2.45, 2.75) is 19.8 Å². The lowest BCUT2D eigenvalue weighted by Crippen LogP contribution is -1.97. The first kappa shape index (κ1) is 12.8. The van der Waals surface area contributed by atoms with E-state index in [1.165, 1.54) is 0 Å². The molecule has 0 amide bonds. The number of aliphatic carboxylic acids is 1. The van der Waals surface area contributed by atoms with Crippen molar-refractivity contribution in [2.75, 3.05) is 0 Å². The van der Waals surface area contributed by atoms with E-state index in [0.717, 1.165) is 15.7 Å². The Bertz CT molecular complexity index is 577. The van der Waals surface area contributed by atoms with Crippen LogP contribution in [-0.4, -0.2) is 16.1 Å². The Hall–Kier alpha value is -1.62. The SMILES string of the molecule is Cc1nc(CCC(=O)O)oc1-c1cccc(Br)c1. The number of carboxylic acid groups (broad SMARTS) is 1. The summed E-state index contributed by atoms with van der Waals surface area (Å²) in [6.45, 7) is 1.85. The highest BCUT2D eigenvalue weighted by Gasteiger charge is 2.12. The van der Waals surface area contributed by atoms with Crippen molar-refractivity contribution in [1.29, 1.82) is 0 Å². The first-order valence-corrected chi connectivity index (χ1v) is 6.29. The fourth-order valence-electron chi connectivity index (χ4n) is 1.67. The average molecular weight is 310 g/mol. The van der Waals surface area contributed by atoms with E-state index in [2.05, 4.69) is 20.9 Å². The second kappa shape index (κ2) is 5.35. The molecule has 0 aliphatic carbocycles. The molecule has 1 aromatic heterocycles. The zero-order valence-electron chi connectivity index (χ0n) is 9.81. The highest BCUT2D eigenvalue weighted by molar-refractivity contribution is 9.10. The summed E-state index contributed by atoms with van der Waals surface area (Å²) in [5.41, 5.74) is 1.70. The molecule has 0 unspecified atom stereocenters. The van der Waals surface area contributed by atoms with E-state index in [1.54, 1.807) is 0 Å². The summed E-state index contributed by atoms with van der Waals surface area (Å²) in [5.74, 6) is 0.302. The number of aromatic nitrogens is 1. The van der Waals surface area contributed by atoms with Crippen molar-refractivity contribution in [3.05, 3.63) is 40.3 Å². The number of carboxylic acids is 1. The second-order valence-corrected chi connectivity index (χ2v) is 4.84. The molecule has 0 saturated carbocycles. The van der Waals surface area contributed by atoms with E-state index in [0.29, 0.717) is 18.1 Å². The van der Waals surface area contributed by atoms with Crippen LogP contribution in [0.15, 0.2) is 33.2 Å². The normalized spacial score (nSPS) is 10.6. The first-order valence-electron chi connectivity index (χ1n) is 5.50. The van der Waals surface area contributed by atoms with Crippen LogP contribution in [0, 0.1) is 6.92 Å². The number of carbonyl (C=O) groups is 1. The number of halogens is 1. The summed E-state index contributed by atoms with van der Waals surface area (Å²) in [6, 6.07) is 7.71. The Morgan fingerprint density at radius 3 is 2.94 bits per heavy atom. The van der Waals surface area contributed by atoms with Crippen LogP contribution in [0.25, 0.3) is 11.3 Å². The minimum atomic E-state index is -0.852. The molecule has 0 atom stereocenters. The summed E-state index contributed by atoms with van der Waals surface area (Å²) in [4.78, 5) is 14.7. The third-order valence-corrected chi connectivity index (χ3v) is 2.97. The van der Waals surface area contributed by atoms with Gasteiger partial charge in [-0.2, -0.15) is 0 Å². The number of rotatable bonds is 4. The molecule has 0 aliphatic heterocycles. The topological polar surface area (TPSA) is 63.3 Å². The highest BCUT2D eigenvalue weighted by Crippen LogP contribution is 2.27. The minimum absolute atomic E-state index is 0.0257. The van der Waals surface area contributed by atoms with Gasteiger partial charge in [0.2, 0.25) is 0 Å². The molecule has 0 aliphatic rings.